The molecule has 0 spiro atoms. The zero-order valence-electron chi connectivity index (χ0n) is 15.8. The average Bonchev–Trinajstić information content (AvgIpc) is 2.95. The van der Waals surface area contributed by atoms with Gasteiger partial charge in [-0.05, 0) is 36.5 Å². The Labute approximate surface area is 165 Å². The molecule has 5 nitrogen and oxygen atoms in total. The quantitative estimate of drug-likeness (QED) is 0.678. The van der Waals surface area contributed by atoms with E-state index >= 15 is 0 Å². The molecule has 1 saturated carbocycles. The van der Waals surface area contributed by atoms with Crippen molar-refractivity contribution in [3.8, 4) is 0 Å². The summed E-state index contributed by atoms with van der Waals surface area (Å²) in [6, 6.07) is 9.77. The minimum absolute atomic E-state index is 0.0295. The lowest BCUT2D eigenvalue weighted by Crippen LogP contribution is -2.36. The number of aliphatic hydroxyl groups is 2. The Morgan fingerprint density at radius 3 is 2.70 bits per heavy atom. The van der Waals surface area contributed by atoms with E-state index in [4.69, 9.17) is 11.6 Å². The summed E-state index contributed by atoms with van der Waals surface area (Å²) in [5.41, 5.74) is 1.99. The highest BCUT2D eigenvalue weighted by molar-refractivity contribution is 6.31. The summed E-state index contributed by atoms with van der Waals surface area (Å²) in [6.45, 7) is 4.75. The molecule has 0 amide bonds. The number of halogens is 1. The minimum Gasteiger partial charge on any atom is -0.396 e. The van der Waals surface area contributed by atoms with Crippen molar-refractivity contribution in [3.63, 3.8) is 0 Å². The van der Waals surface area contributed by atoms with E-state index in [1.54, 1.807) is 6.20 Å². The lowest BCUT2D eigenvalue weighted by Gasteiger charge is -2.25. The fraction of sp³-hybridized carbons (Fsp3) is 0.524. The predicted octanol–water partition coefficient (Wildman–Crippen LogP) is 2.94. The highest BCUT2D eigenvalue weighted by Crippen LogP contribution is 2.35. The number of rotatable bonds is 7. The van der Waals surface area contributed by atoms with E-state index in [2.05, 4.69) is 29.1 Å². The van der Waals surface area contributed by atoms with Crippen molar-refractivity contribution < 1.29 is 10.2 Å². The van der Waals surface area contributed by atoms with E-state index in [9.17, 15) is 10.2 Å². The van der Waals surface area contributed by atoms with Crippen molar-refractivity contribution in [2.24, 2.45) is 11.8 Å². The van der Waals surface area contributed by atoms with Gasteiger partial charge < -0.3 is 15.5 Å². The molecule has 3 N–H and O–H groups in total. The van der Waals surface area contributed by atoms with Gasteiger partial charge in [0.05, 0.1) is 6.10 Å². The number of hydrogen-bond acceptors (Lipinski definition) is 5. The summed E-state index contributed by atoms with van der Waals surface area (Å²) in [7, 11) is 0. The number of aromatic nitrogens is 2. The molecule has 4 unspecified atom stereocenters. The zero-order chi connectivity index (χ0) is 19.4. The van der Waals surface area contributed by atoms with Crippen LogP contribution in [0.25, 0.3) is 0 Å². The van der Waals surface area contributed by atoms with Gasteiger partial charge in [0.2, 0.25) is 0 Å². The number of hydrogen-bond donors (Lipinski definition) is 3. The second-order valence-electron chi connectivity index (χ2n) is 7.66. The molecule has 1 aromatic carbocycles. The van der Waals surface area contributed by atoms with Gasteiger partial charge in [-0.3, -0.25) is 0 Å². The molecule has 1 aliphatic carbocycles. The Morgan fingerprint density at radius 2 is 2.00 bits per heavy atom. The molecule has 4 atom stereocenters. The van der Waals surface area contributed by atoms with Crippen LogP contribution in [0, 0.1) is 11.8 Å². The van der Waals surface area contributed by atoms with Crippen LogP contribution >= 0.6 is 11.6 Å². The first-order chi connectivity index (χ1) is 13.0. The third kappa shape index (κ3) is 4.85. The van der Waals surface area contributed by atoms with Gasteiger partial charge in [0, 0.05) is 47.9 Å². The van der Waals surface area contributed by atoms with Crippen LogP contribution in [0.3, 0.4) is 0 Å². The smallest absolute Gasteiger partial charge is 0.131 e. The fourth-order valence-electron chi connectivity index (χ4n) is 3.91. The van der Waals surface area contributed by atoms with Crippen molar-refractivity contribution in [3.05, 3.63) is 58.6 Å². The fourth-order valence-corrected chi connectivity index (χ4v) is 4.11. The lowest BCUT2D eigenvalue weighted by molar-refractivity contribution is 0.0716. The predicted molar refractivity (Wildman–Crippen MR) is 107 cm³/mol. The molecule has 0 radical (unpaired) electrons. The summed E-state index contributed by atoms with van der Waals surface area (Å²) in [4.78, 5) is 9.01. The van der Waals surface area contributed by atoms with Crippen LogP contribution in [0.5, 0.6) is 0 Å². The first-order valence-corrected chi connectivity index (χ1v) is 9.95. The van der Waals surface area contributed by atoms with E-state index in [1.807, 2.05) is 30.3 Å². The third-order valence-corrected chi connectivity index (χ3v) is 5.84. The zero-order valence-corrected chi connectivity index (χ0v) is 16.6. The monoisotopic (exact) mass is 389 g/mol. The maximum atomic E-state index is 10.4. The van der Waals surface area contributed by atoms with Crippen LogP contribution in [0.2, 0.25) is 5.02 Å². The average molecular weight is 390 g/mol. The molecular formula is C21H28ClN3O2. The van der Waals surface area contributed by atoms with Gasteiger partial charge in [-0.1, -0.05) is 43.6 Å². The standard InChI is InChI=1S/C21H28ClN3O2/c1-13(2)21-23-8-7-15(25-21)9-16-17(12-26)20(27)10-19(16)24-11-14-5-3-4-6-18(14)22/h3-8,13,16-17,19-20,24,26-27H,9-12H2,1-2H3. The van der Waals surface area contributed by atoms with Crippen LogP contribution in [0.4, 0.5) is 0 Å². The molecule has 3 rings (SSSR count). The van der Waals surface area contributed by atoms with Crippen LogP contribution in [-0.4, -0.2) is 38.9 Å². The molecule has 27 heavy (non-hydrogen) atoms. The van der Waals surface area contributed by atoms with Crippen LogP contribution < -0.4 is 5.32 Å². The largest absolute Gasteiger partial charge is 0.396 e. The Bertz CT molecular complexity index is 756. The highest BCUT2D eigenvalue weighted by atomic mass is 35.5. The SMILES string of the molecule is CC(C)c1nccc(CC2C(NCc3ccccc3Cl)CC(O)C2CO)n1. The molecule has 0 bridgehead atoms. The summed E-state index contributed by atoms with van der Waals surface area (Å²) in [6.07, 6.45) is 2.59. The normalized spacial score (nSPS) is 25.3. The van der Waals surface area contributed by atoms with Crippen molar-refractivity contribution in [1.29, 1.82) is 0 Å². The van der Waals surface area contributed by atoms with Crippen LogP contribution in [0.15, 0.2) is 36.5 Å². The molecule has 146 valence electrons. The van der Waals surface area contributed by atoms with E-state index in [0.717, 1.165) is 22.1 Å². The maximum absolute atomic E-state index is 10.4. The summed E-state index contributed by atoms with van der Waals surface area (Å²) < 4.78 is 0. The Hall–Kier alpha value is -1.53. The molecule has 2 aromatic rings. The molecular weight excluding hydrogens is 362 g/mol. The lowest BCUT2D eigenvalue weighted by atomic mass is 9.88. The van der Waals surface area contributed by atoms with Gasteiger partial charge in [-0.2, -0.15) is 0 Å². The van der Waals surface area contributed by atoms with Crippen molar-refractivity contribution in [2.45, 2.75) is 51.3 Å². The van der Waals surface area contributed by atoms with Gasteiger partial charge >= 0.3 is 0 Å². The molecule has 6 heteroatoms. The van der Waals surface area contributed by atoms with Crippen LogP contribution in [-0.2, 0) is 13.0 Å². The molecule has 1 fully saturated rings. The first kappa shape index (κ1) is 20.2. The number of aliphatic hydroxyl groups excluding tert-OH is 2. The summed E-state index contributed by atoms with van der Waals surface area (Å²) in [5, 5.41) is 24.6. The Morgan fingerprint density at radius 1 is 1.22 bits per heavy atom. The third-order valence-electron chi connectivity index (χ3n) is 5.47. The molecule has 1 aliphatic rings. The number of benzene rings is 1. The summed E-state index contributed by atoms with van der Waals surface area (Å²) >= 11 is 6.26. The van der Waals surface area contributed by atoms with Gasteiger partial charge in [0.15, 0.2) is 0 Å². The van der Waals surface area contributed by atoms with E-state index < -0.39 is 6.10 Å². The Balaban J connectivity index is 1.74. The highest BCUT2D eigenvalue weighted by Gasteiger charge is 2.42. The van der Waals surface area contributed by atoms with Crippen molar-refractivity contribution >= 4 is 11.6 Å². The topological polar surface area (TPSA) is 78.3 Å². The minimum atomic E-state index is -0.518. The van der Waals surface area contributed by atoms with E-state index in [-0.39, 0.29) is 30.4 Å². The van der Waals surface area contributed by atoms with Gasteiger partial charge in [-0.15, -0.1) is 0 Å². The van der Waals surface area contributed by atoms with Crippen LogP contribution in [0.1, 0.15) is 43.3 Å². The molecule has 1 aromatic heterocycles. The van der Waals surface area contributed by atoms with Gasteiger partial charge in [-0.25, -0.2) is 9.97 Å². The first-order valence-electron chi connectivity index (χ1n) is 9.57. The van der Waals surface area contributed by atoms with Gasteiger partial charge in [0.1, 0.15) is 5.82 Å². The van der Waals surface area contributed by atoms with Gasteiger partial charge in [0.25, 0.3) is 0 Å². The van der Waals surface area contributed by atoms with E-state index in [1.165, 1.54) is 0 Å². The van der Waals surface area contributed by atoms with Crippen molar-refractivity contribution in [2.75, 3.05) is 6.61 Å². The summed E-state index contributed by atoms with van der Waals surface area (Å²) in [5.74, 6) is 1.03. The molecule has 0 aliphatic heterocycles. The molecule has 0 saturated heterocycles. The Kier molecular flexibility index (Phi) is 6.82. The maximum Gasteiger partial charge on any atom is 0.131 e. The second kappa shape index (κ2) is 9.11. The number of nitrogens with zero attached hydrogens (tertiary/aromatic N) is 2. The number of nitrogens with one attached hydrogen (secondary N) is 1. The second-order valence-corrected chi connectivity index (χ2v) is 8.06. The van der Waals surface area contributed by atoms with E-state index in [0.29, 0.717) is 19.4 Å². The molecule has 1 heterocycles. The van der Waals surface area contributed by atoms with Crippen molar-refractivity contribution in [1.82, 2.24) is 15.3 Å².